The van der Waals surface area contributed by atoms with Gasteiger partial charge in [0.15, 0.2) is 0 Å². The SMILES string of the molecule is CCC(OC(C)=O)c1ccc2c(c1)Cc1ccccc1-2.[Cl-].[Hg+]. The van der Waals surface area contributed by atoms with E-state index in [1.165, 1.54) is 29.2 Å². The van der Waals surface area contributed by atoms with Gasteiger partial charge < -0.3 is 17.1 Å². The summed E-state index contributed by atoms with van der Waals surface area (Å²) in [5, 5.41) is 0. The number of carbonyl (C=O) groups is 1. The molecule has 0 bridgehead atoms. The van der Waals surface area contributed by atoms with Crippen molar-refractivity contribution >= 4 is 5.97 Å². The molecule has 0 saturated heterocycles. The number of esters is 1. The van der Waals surface area contributed by atoms with E-state index in [4.69, 9.17) is 4.74 Å². The van der Waals surface area contributed by atoms with Gasteiger partial charge in [-0.25, -0.2) is 0 Å². The molecule has 0 aromatic heterocycles. The molecule has 0 spiro atoms. The summed E-state index contributed by atoms with van der Waals surface area (Å²) in [7, 11) is 0. The zero-order chi connectivity index (χ0) is 14.1. The molecule has 4 heteroatoms. The fourth-order valence-corrected chi connectivity index (χ4v) is 2.95. The van der Waals surface area contributed by atoms with Gasteiger partial charge in [0.2, 0.25) is 0 Å². The predicted molar refractivity (Wildman–Crippen MR) is 79.5 cm³/mol. The summed E-state index contributed by atoms with van der Waals surface area (Å²) in [6, 6.07) is 14.9. The molecule has 0 fully saturated rings. The van der Waals surface area contributed by atoms with Crippen LogP contribution in [0.25, 0.3) is 11.1 Å². The third-order valence-electron chi connectivity index (χ3n) is 3.87. The van der Waals surface area contributed by atoms with Crippen molar-refractivity contribution in [3.05, 3.63) is 59.2 Å². The minimum absolute atomic E-state index is 0. The van der Waals surface area contributed by atoms with Crippen molar-refractivity contribution in [1.29, 1.82) is 0 Å². The number of benzene rings is 2. The zero-order valence-electron chi connectivity index (χ0n) is 12.9. The van der Waals surface area contributed by atoms with Gasteiger partial charge in [-0.3, -0.25) is 4.79 Å². The molecule has 3 rings (SSSR count). The molecule has 0 amide bonds. The summed E-state index contributed by atoms with van der Waals surface area (Å²) in [6.07, 6.45) is 1.63. The third-order valence-corrected chi connectivity index (χ3v) is 3.87. The first kappa shape index (κ1) is 19.2. The first-order chi connectivity index (χ1) is 9.69. The maximum absolute atomic E-state index is 11.2. The number of ether oxygens (including phenoxy) is 1. The molecule has 2 aromatic rings. The Morgan fingerprint density at radius 3 is 2.50 bits per heavy atom. The fraction of sp³-hybridized carbons (Fsp3) is 0.278. The van der Waals surface area contributed by atoms with Crippen LogP contribution < -0.4 is 12.4 Å². The zero-order valence-corrected chi connectivity index (χ0v) is 19.2. The first-order valence-electron chi connectivity index (χ1n) is 7.07. The van der Waals surface area contributed by atoms with Crippen LogP contribution in [0.4, 0.5) is 0 Å². The summed E-state index contributed by atoms with van der Waals surface area (Å²) >= 11 is 0. The molecule has 1 unspecified atom stereocenters. The van der Waals surface area contributed by atoms with Crippen LogP contribution >= 0.6 is 0 Å². The van der Waals surface area contributed by atoms with E-state index in [1.807, 2.05) is 6.92 Å². The number of hydrogen-bond donors (Lipinski definition) is 0. The van der Waals surface area contributed by atoms with Gasteiger partial charge in [-0.15, -0.1) is 0 Å². The molecule has 2 nitrogen and oxygen atoms in total. The maximum atomic E-state index is 11.2. The second-order valence-corrected chi connectivity index (χ2v) is 5.26. The predicted octanol–water partition coefficient (Wildman–Crippen LogP) is 1.27. The molecular weight excluding hydrogens is 484 g/mol. The van der Waals surface area contributed by atoms with Gasteiger partial charge in [-0.2, -0.15) is 0 Å². The average Bonchev–Trinajstić information content (AvgIpc) is 2.82. The topological polar surface area (TPSA) is 26.3 Å². The van der Waals surface area contributed by atoms with Crippen LogP contribution in [0.2, 0.25) is 0 Å². The molecule has 0 heterocycles. The van der Waals surface area contributed by atoms with Crippen LogP contribution in [-0.4, -0.2) is 5.97 Å². The Kier molecular flexibility index (Phi) is 7.08. The van der Waals surface area contributed by atoms with Crippen LogP contribution in [-0.2, 0) is 43.6 Å². The summed E-state index contributed by atoms with van der Waals surface area (Å²) in [4.78, 5) is 11.2. The Hall–Kier alpha value is -0.865. The van der Waals surface area contributed by atoms with Gasteiger partial charge in [0, 0.05) is 6.92 Å². The van der Waals surface area contributed by atoms with Crippen LogP contribution in [0.1, 0.15) is 43.1 Å². The smallest absolute Gasteiger partial charge is 1.00 e. The third kappa shape index (κ3) is 3.72. The fourth-order valence-electron chi connectivity index (χ4n) is 2.95. The Morgan fingerprint density at radius 2 is 1.82 bits per heavy atom. The Bertz CT molecular complexity index is 670. The molecule has 0 saturated carbocycles. The van der Waals surface area contributed by atoms with Crippen molar-refractivity contribution in [1.82, 2.24) is 0 Å². The number of hydrogen-bond acceptors (Lipinski definition) is 2. The van der Waals surface area contributed by atoms with E-state index in [0.717, 1.165) is 18.4 Å². The summed E-state index contributed by atoms with van der Waals surface area (Å²) in [6.45, 7) is 3.50. The Labute approximate surface area is 158 Å². The molecule has 2 aromatic carbocycles. The number of fused-ring (bicyclic) bond motifs is 3. The van der Waals surface area contributed by atoms with E-state index >= 15 is 0 Å². The Morgan fingerprint density at radius 1 is 1.14 bits per heavy atom. The van der Waals surface area contributed by atoms with Crippen molar-refractivity contribution in [2.24, 2.45) is 0 Å². The molecule has 1 aliphatic carbocycles. The molecule has 1 atom stereocenters. The number of carbonyl (C=O) groups excluding carboxylic acids is 1. The number of rotatable bonds is 3. The van der Waals surface area contributed by atoms with Crippen LogP contribution in [0, 0.1) is 0 Å². The standard InChI is InChI=1S/C18H18O2.ClH.Hg/c1-3-18(20-12(2)19)14-8-9-17-15(11-14)10-13-6-4-5-7-16(13)17;;/h4-9,11,18H,3,10H2,1-2H3;1H;/q;;+1/p-1. The molecule has 0 N–H and O–H groups in total. The maximum Gasteiger partial charge on any atom is 1.00 e. The van der Waals surface area contributed by atoms with Crippen molar-refractivity contribution < 1.29 is 49.6 Å². The second kappa shape index (κ2) is 8.12. The minimum Gasteiger partial charge on any atom is -1.00 e. The normalized spacial score (nSPS) is 12.3. The van der Waals surface area contributed by atoms with Crippen molar-refractivity contribution in [3.63, 3.8) is 0 Å². The van der Waals surface area contributed by atoms with Crippen LogP contribution in [0.5, 0.6) is 0 Å². The van der Waals surface area contributed by atoms with Gasteiger partial charge in [0.1, 0.15) is 6.10 Å². The summed E-state index contributed by atoms with van der Waals surface area (Å²) in [5.41, 5.74) is 6.43. The monoisotopic (exact) mass is 503 g/mol. The molecule has 0 aliphatic heterocycles. The van der Waals surface area contributed by atoms with Crippen LogP contribution in [0.3, 0.4) is 0 Å². The minimum atomic E-state index is -0.222. The van der Waals surface area contributed by atoms with Gasteiger partial charge in [-0.1, -0.05) is 49.4 Å². The van der Waals surface area contributed by atoms with Gasteiger partial charge in [0.25, 0.3) is 0 Å². The second-order valence-electron chi connectivity index (χ2n) is 5.26. The van der Waals surface area contributed by atoms with E-state index in [2.05, 4.69) is 42.5 Å². The summed E-state index contributed by atoms with van der Waals surface area (Å²) < 4.78 is 5.38. The van der Waals surface area contributed by atoms with Crippen molar-refractivity contribution in [3.8, 4) is 11.1 Å². The number of halogens is 1. The molecular formula is C18H18ClHgO2. The van der Waals surface area contributed by atoms with Gasteiger partial charge in [-0.05, 0) is 40.7 Å². The van der Waals surface area contributed by atoms with E-state index in [1.54, 1.807) is 0 Å². The van der Waals surface area contributed by atoms with Gasteiger partial charge in [0.05, 0.1) is 0 Å². The van der Waals surface area contributed by atoms with E-state index < -0.39 is 0 Å². The molecule has 1 aliphatic rings. The van der Waals surface area contributed by atoms with E-state index in [9.17, 15) is 4.79 Å². The largest absolute Gasteiger partial charge is 1.00 e. The molecule has 111 valence electrons. The quantitative estimate of drug-likeness (QED) is 0.399. The summed E-state index contributed by atoms with van der Waals surface area (Å²) in [5.74, 6) is -0.222. The van der Waals surface area contributed by atoms with Crippen molar-refractivity contribution in [2.75, 3.05) is 0 Å². The van der Waals surface area contributed by atoms with E-state index in [-0.39, 0.29) is 52.1 Å². The average molecular weight is 502 g/mol. The van der Waals surface area contributed by atoms with Gasteiger partial charge >= 0.3 is 33.6 Å². The Balaban J connectivity index is 0.00000121. The van der Waals surface area contributed by atoms with Crippen LogP contribution in [0.15, 0.2) is 42.5 Å². The van der Waals surface area contributed by atoms with E-state index in [0.29, 0.717) is 0 Å². The molecule has 1 radical (unpaired) electrons. The molecule has 22 heavy (non-hydrogen) atoms. The van der Waals surface area contributed by atoms with Crippen molar-refractivity contribution in [2.45, 2.75) is 32.8 Å². The first-order valence-corrected chi connectivity index (χ1v) is 7.07.